The van der Waals surface area contributed by atoms with Crippen LogP contribution >= 0.6 is 0 Å². The highest BCUT2D eigenvalue weighted by molar-refractivity contribution is 4.96. The number of hydrogen-bond donors (Lipinski definition) is 1. The summed E-state index contributed by atoms with van der Waals surface area (Å²) in [6.07, 6.45) is 4.99. The zero-order valence-corrected chi connectivity index (χ0v) is 9.66. The van der Waals surface area contributed by atoms with E-state index in [1.165, 1.54) is 19.4 Å². The van der Waals surface area contributed by atoms with Gasteiger partial charge in [0.15, 0.2) is 0 Å². The monoisotopic (exact) mass is 197 g/mol. The fourth-order valence-corrected chi connectivity index (χ4v) is 2.65. The van der Waals surface area contributed by atoms with Gasteiger partial charge < -0.3 is 10.0 Å². The Morgan fingerprint density at radius 1 is 1.29 bits per heavy atom. The molecule has 2 atom stereocenters. The zero-order valence-electron chi connectivity index (χ0n) is 9.66. The van der Waals surface area contributed by atoms with E-state index in [1.807, 2.05) is 0 Å². The smallest absolute Gasteiger partial charge is 0.0746 e. The van der Waals surface area contributed by atoms with Crippen LogP contribution in [0, 0.1) is 11.3 Å². The summed E-state index contributed by atoms with van der Waals surface area (Å²) in [6.45, 7) is 5.56. The fourth-order valence-electron chi connectivity index (χ4n) is 2.65. The summed E-state index contributed by atoms with van der Waals surface area (Å²) < 4.78 is 0. The molecule has 0 saturated heterocycles. The van der Waals surface area contributed by atoms with E-state index in [-0.39, 0.29) is 11.5 Å². The van der Waals surface area contributed by atoms with Crippen LogP contribution in [0.15, 0.2) is 0 Å². The van der Waals surface area contributed by atoms with Gasteiger partial charge in [-0.1, -0.05) is 13.8 Å². The van der Waals surface area contributed by atoms with Crippen LogP contribution in [0.2, 0.25) is 0 Å². The molecule has 2 fully saturated rings. The maximum Gasteiger partial charge on any atom is 0.0746 e. The van der Waals surface area contributed by atoms with Crippen molar-refractivity contribution in [1.82, 2.24) is 4.90 Å². The van der Waals surface area contributed by atoms with Crippen LogP contribution in [0.5, 0.6) is 0 Å². The van der Waals surface area contributed by atoms with Gasteiger partial charge in [-0.2, -0.15) is 0 Å². The van der Waals surface area contributed by atoms with Crippen LogP contribution in [0.25, 0.3) is 0 Å². The molecule has 0 radical (unpaired) electrons. The highest BCUT2D eigenvalue weighted by Gasteiger charge is 2.43. The highest BCUT2D eigenvalue weighted by Crippen LogP contribution is 2.40. The Morgan fingerprint density at radius 3 is 2.36 bits per heavy atom. The average Bonchev–Trinajstić information content (AvgIpc) is 2.83. The fraction of sp³-hybridized carbons (Fsp3) is 1.00. The molecule has 0 amide bonds. The van der Waals surface area contributed by atoms with Crippen molar-refractivity contribution in [3.05, 3.63) is 0 Å². The molecule has 0 aromatic heterocycles. The van der Waals surface area contributed by atoms with E-state index in [2.05, 4.69) is 25.8 Å². The van der Waals surface area contributed by atoms with Gasteiger partial charge in [0.05, 0.1) is 6.10 Å². The first-order chi connectivity index (χ1) is 6.50. The maximum absolute atomic E-state index is 10.2. The van der Waals surface area contributed by atoms with Gasteiger partial charge in [-0.3, -0.25) is 0 Å². The second kappa shape index (κ2) is 3.49. The van der Waals surface area contributed by atoms with Gasteiger partial charge >= 0.3 is 0 Å². The molecule has 2 aliphatic rings. The third-order valence-corrected chi connectivity index (χ3v) is 4.06. The molecule has 0 spiro atoms. The summed E-state index contributed by atoms with van der Waals surface area (Å²) in [6, 6.07) is 0.408. The second-order valence-corrected chi connectivity index (χ2v) is 5.92. The Hall–Kier alpha value is -0.0800. The Labute approximate surface area is 87.3 Å². The van der Waals surface area contributed by atoms with Crippen LogP contribution in [-0.2, 0) is 0 Å². The quantitative estimate of drug-likeness (QED) is 0.746. The SMILES string of the molecule is CN(CC1CC1)C1CCC(C)(C)C1O. The van der Waals surface area contributed by atoms with Crippen LogP contribution in [0.1, 0.15) is 39.5 Å². The number of likely N-dealkylation sites (N-methyl/N-ethyl adjacent to an activating group) is 1. The van der Waals surface area contributed by atoms with Crippen molar-refractivity contribution in [3.8, 4) is 0 Å². The van der Waals surface area contributed by atoms with E-state index in [0.29, 0.717) is 6.04 Å². The molecule has 0 aliphatic heterocycles. The molecule has 0 aromatic carbocycles. The third-order valence-electron chi connectivity index (χ3n) is 4.06. The summed E-state index contributed by atoms with van der Waals surface area (Å²) in [5.74, 6) is 0.927. The molecule has 0 aromatic rings. The first kappa shape index (κ1) is 10.4. The molecule has 2 aliphatic carbocycles. The Balaban J connectivity index is 1.91. The van der Waals surface area contributed by atoms with Crippen LogP contribution < -0.4 is 0 Å². The van der Waals surface area contributed by atoms with Crippen LogP contribution in [0.4, 0.5) is 0 Å². The van der Waals surface area contributed by atoms with Crippen molar-refractivity contribution in [2.75, 3.05) is 13.6 Å². The first-order valence-electron chi connectivity index (χ1n) is 5.89. The number of aliphatic hydroxyl groups excluding tert-OH is 1. The summed E-state index contributed by atoms with van der Waals surface area (Å²) in [5.41, 5.74) is 0.127. The van der Waals surface area contributed by atoms with Gasteiger partial charge in [0, 0.05) is 12.6 Å². The standard InChI is InChI=1S/C12H23NO/c1-12(2)7-6-10(11(12)14)13(3)8-9-4-5-9/h9-11,14H,4-8H2,1-3H3. The van der Waals surface area contributed by atoms with Gasteiger partial charge in [-0.15, -0.1) is 0 Å². The molecule has 82 valence electrons. The van der Waals surface area contributed by atoms with Crippen LogP contribution in [-0.4, -0.2) is 35.7 Å². The number of hydrogen-bond acceptors (Lipinski definition) is 2. The van der Waals surface area contributed by atoms with Gasteiger partial charge in [0.2, 0.25) is 0 Å². The van der Waals surface area contributed by atoms with Crippen molar-refractivity contribution in [1.29, 1.82) is 0 Å². The van der Waals surface area contributed by atoms with Gasteiger partial charge in [0.25, 0.3) is 0 Å². The normalized spacial score (nSPS) is 36.6. The van der Waals surface area contributed by atoms with Crippen molar-refractivity contribution in [3.63, 3.8) is 0 Å². The lowest BCUT2D eigenvalue weighted by Gasteiger charge is -2.31. The summed E-state index contributed by atoms with van der Waals surface area (Å²) in [5, 5.41) is 10.2. The molecule has 1 N–H and O–H groups in total. The molecule has 2 heteroatoms. The minimum absolute atomic E-state index is 0.127. The Kier molecular flexibility index (Phi) is 2.61. The van der Waals surface area contributed by atoms with E-state index >= 15 is 0 Å². The zero-order chi connectivity index (χ0) is 10.3. The molecule has 2 unspecified atom stereocenters. The Morgan fingerprint density at radius 2 is 1.93 bits per heavy atom. The lowest BCUT2D eigenvalue weighted by molar-refractivity contribution is 0.0220. The summed E-state index contributed by atoms with van der Waals surface area (Å²) in [4.78, 5) is 2.39. The molecular formula is C12H23NO. The van der Waals surface area contributed by atoms with Crippen molar-refractivity contribution < 1.29 is 5.11 Å². The van der Waals surface area contributed by atoms with Gasteiger partial charge in [-0.05, 0) is 44.1 Å². The van der Waals surface area contributed by atoms with Crippen molar-refractivity contribution in [2.45, 2.75) is 51.7 Å². The van der Waals surface area contributed by atoms with Gasteiger partial charge in [0.1, 0.15) is 0 Å². The van der Waals surface area contributed by atoms with Crippen molar-refractivity contribution >= 4 is 0 Å². The van der Waals surface area contributed by atoms with E-state index in [9.17, 15) is 5.11 Å². The Bertz CT molecular complexity index is 210. The molecule has 2 saturated carbocycles. The maximum atomic E-state index is 10.2. The summed E-state index contributed by atoms with van der Waals surface area (Å²) in [7, 11) is 2.17. The van der Waals surface area contributed by atoms with Crippen LogP contribution in [0.3, 0.4) is 0 Å². The highest BCUT2D eigenvalue weighted by atomic mass is 16.3. The number of rotatable bonds is 3. The minimum atomic E-state index is -0.133. The third kappa shape index (κ3) is 1.96. The van der Waals surface area contributed by atoms with E-state index in [0.717, 1.165) is 18.8 Å². The average molecular weight is 197 g/mol. The van der Waals surface area contributed by atoms with E-state index in [4.69, 9.17) is 0 Å². The number of nitrogens with zero attached hydrogens (tertiary/aromatic N) is 1. The predicted octanol–water partition coefficient (Wildman–Crippen LogP) is 1.88. The molecular weight excluding hydrogens is 174 g/mol. The molecule has 0 heterocycles. The molecule has 2 nitrogen and oxygen atoms in total. The van der Waals surface area contributed by atoms with E-state index in [1.54, 1.807) is 0 Å². The van der Waals surface area contributed by atoms with Crippen molar-refractivity contribution in [2.24, 2.45) is 11.3 Å². The molecule has 14 heavy (non-hydrogen) atoms. The van der Waals surface area contributed by atoms with E-state index < -0.39 is 0 Å². The molecule has 0 bridgehead atoms. The topological polar surface area (TPSA) is 23.5 Å². The van der Waals surface area contributed by atoms with Gasteiger partial charge in [-0.25, -0.2) is 0 Å². The lowest BCUT2D eigenvalue weighted by Crippen LogP contribution is -2.42. The lowest BCUT2D eigenvalue weighted by atomic mass is 9.88. The first-order valence-corrected chi connectivity index (χ1v) is 5.89. The largest absolute Gasteiger partial charge is 0.391 e. The number of aliphatic hydroxyl groups is 1. The summed E-state index contributed by atoms with van der Waals surface area (Å²) >= 11 is 0. The second-order valence-electron chi connectivity index (χ2n) is 5.92. The minimum Gasteiger partial charge on any atom is -0.391 e. The predicted molar refractivity (Wildman–Crippen MR) is 58.2 cm³/mol. The molecule has 2 rings (SSSR count).